The lowest BCUT2D eigenvalue weighted by Gasteiger charge is -2.25. The van der Waals surface area contributed by atoms with Gasteiger partial charge in [-0.05, 0) is 35.1 Å². The third-order valence-corrected chi connectivity index (χ3v) is 5.02. The van der Waals surface area contributed by atoms with E-state index in [9.17, 15) is 14.7 Å². The molecule has 1 aliphatic carbocycles. The quantitative estimate of drug-likeness (QED) is 0.744. The SMILES string of the molecule is C=CCCC(C(=O)O)N(C)C(=O)OCC1c2ccccc2-c2ccccc21. The van der Waals surface area contributed by atoms with Crippen molar-refractivity contribution in [1.82, 2.24) is 4.90 Å². The van der Waals surface area contributed by atoms with Gasteiger partial charge in [-0.15, -0.1) is 6.58 Å². The van der Waals surface area contributed by atoms with E-state index in [1.807, 2.05) is 36.4 Å². The maximum atomic E-state index is 12.4. The molecule has 2 aromatic carbocycles. The zero-order valence-electron chi connectivity index (χ0n) is 15.3. The second-order valence-electron chi connectivity index (χ2n) is 6.63. The summed E-state index contributed by atoms with van der Waals surface area (Å²) in [5, 5.41) is 9.38. The van der Waals surface area contributed by atoms with Crippen molar-refractivity contribution in [3.05, 3.63) is 72.3 Å². The van der Waals surface area contributed by atoms with Crippen LogP contribution in [0.15, 0.2) is 61.2 Å². The van der Waals surface area contributed by atoms with E-state index in [1.165, 1.54) is 7.05 Å². The van der Waals surface area contributed by atoms with Crippen molar-refractivity contribution in [3.8, 4) is 11.1 Å². The van der Waals surface area contributed by atoms with E-state index in [-0.39, 0.29) is 12.5 Å². The smallest absolute Gasteiger partial charge is 0.410 e. The van der Waals surface area contributed by atoms with Gasteiger partial charge in [0.05, 0.1) is 0 Å². The minimum absolute atomic E-state index is 0.0498. The molecule has 140 valence electrons. The second-order valence-corrected chi connectivity index (χ2v) is 6.63. The number of carboxylic acid groups (broad SMARTS) is 1. The lowest BCUT2D eigenvalue weighted by Crippen LogP contribution is -2.42. The predicted molar refractivity (Wildman–Crippen MR) is 104 cm³/mol. The minimum atomic E-state index is -1.05. The molecule has 0 aromatic heterocycles. The predicted octanol–water partition coefficient (Wildman–Crippen LogP) is 4.29. The molecule has 27 heavy (non-hydrogen) atoms. The number of hydrogen-bond acceptors (Lipinski definition) is 3. The number of amides is 1. The number of rotatable bonds is 7. The Bertz CT molecular complexity index is 815. The number of nitrogens with zero attached hydrogens (tertiary/aromatic N) is 1. The first kappa shape index (κ1) is 18.7. The molecule has 5 heteroatoms. The first-order chi connectivity index (χ1) is 13.0. The van der Waals surface area contributed by atoms with E-state index in [2.05, 4.69) is 18.7 Å². The average Bonchev–Trinajstić information content (AvgIpc) is 3.00. The van der Waals surface area contributed by atoms with Gasteiger partial charge in [-0.1, -0.05) is 54.6 Å². The summed E-state index contributed by atoms with van der Waals surface area (Å²) in [6, 6.07) is 15.2. The van der Waals surface area contributed by atoms with Crippen LogP contribution in [0.4, 0.5) is 4.79 Å². The molecule has 3 rings (SSSR count). The molecule has 0 radical (unpaired) electrons. The van der Waals surface area contributed by atoms with Crippen molar-refractivity contribution in [2.24, 2.45) is 0 Å². The number of benzene rings is 2. The van der Waals surface area contributed by atoms with Crippen LogP contribution >= 0.6 is 0 Å². The number of allylic oxidation sites excluding steroid dienone is 1. The van der Waals surface area contributed by atoms with Crippen LogP contribution in [0.5, 0.6) is 0 Å². The largest absolute Gasteiger partial charge is 0.480 e. The van der Waals surface area contributed by atoms with Crippen LogP contribution in [0, 0.1) is 0 Å². The van der Waals surface area contributed by atoms with E-state index >= 15 is 0 Å². The molecule has 2 aromatic rings. The Morgan fingerprint density at radius 3 is 2.22 bits per heavy atom. The molecule has 0 saturated heterocycles. The topological polar surface area (TPSA) is 66.8 Å². The highest BCUT2D eigenvalue weighted by Gasteiger charge is 2.31. The summed E-state index contributed by atoms with van der Waals surface area (Å²) in [5.74, 6) is -1.10. The maximum absolute atomic E-state index is 12.4. The fourth-order valence-electron chi connectivity index (χ4n) is 3.58. The van der Waals surface area contributed by atoms with Gasteiger partial charge in [-0.25, -0.2) is 9.59 Å². The van der Waals surface area contributed by atoms with Crippen LogP contribution in [0.3, 0.4) is 0 Å². The number of carboxylic acids is 1. The van der Waals surface area contributed by atoms with Gasteiger partial charge < -0.3 is 9.84 Å². The van der Waals surface area contributed by atoms with Gasteiger partial charge in [0, 0.05) is 13.0 Å². The summed E-state index contributed by atoms with van der Waals surface area (Å²) in [6.45, 7) is 3.77. The van der Waals surface area contributed by atoms with Crippen molar-refractivity contribution >= 4 is 12.1 Å². The van der Waals surface area contributed by atoms with Crippen molar-refractivity contribution < 1.29 is 19.4 Å². The van der Waals surface area contributed by atoms with E-state index < -0.39 is 18.1 Å². The Labute approximate surface area is 158 Å². The van der Waals surface area contributed by atoms with Crippen molar-refractivity contribution in [3.63, 3.8) is 0 Å². The molecule has 1 unspecified atom stereocenters. The van der Waals surface area contributed by atoms with Crippen molar-refractivity contribution in [1.29, 1.82) is 0 Å². The number of fused-ring (bicyclic) bond motifs is 3. The van der Waals surface area contributed by atoms with Gasteiger partial charge >= 0.3 is 12.1 Å². The van der Waals surface area contributed by atoms with Gasteiger partial charge in [0.1, 0.15) is 12.6 Å². The number of likely N-dealkylation sites (N-methyl/N-ethyl adjacent to an activating group) is 1. The molecule has 1 amide bonds. The Kier molecular flexibility index (Phi) is 5.60. The Morgan fingerprint density at radius 1 is 1.15 bits per heavy atom. The van der Waals surface area contributed by atoms with Gasteiger partial charge in [-0.3, -0.25) is 4.90 Å². The molecule has 1 aliphatic rings. The highest BCUT2D eigenvalue weighted by Crippen LogP contribution is 2.44. The van der Waals surface area contributed by atoms with Crippen LogP contribution in [0.2, 0.25) is 0 Å². The summed E-state index contributed by atoms with van der Waals surface area (Å²) in [6.07, 6.45) is 1.83. The number of hydrogen-bond donors (Lipinski definition) is 1. The Hall–Kier alpha value is -3.08. The molecule has 0 fully saturated rings. The zero-order chi connectivity index (χ0) is 19.4. The minimum Gasteiger partial charge on any atom is -0.480 e. The summed E-state index contributed by atoms with van der Waals surface area (Å²) in [7, 11) is 1.46. The molecule has 0 saturated carbocycles. The fraction of sp³-hybridized carbons (Fsp3) is 0.273. The van der Waals surface area contributed by atoms with Crippen LogP contribution in [0.1, 0.15) is 29.9 Å². The highest BCUT2D eigenvalue weighted by molar-refractivity contribution is 5.81. The van der Waals surface area contributed by atoms with Crippen LogP contribution in [0.25, 0.3) is 11.1 Å². The Balaban J connectivity index is 1.73. The van der Waals surface area contributed by atoms with E-state index in [1.54, 1.807) is 6.08 Å². The molecular formula is C22H23NO4. The maximum Gasteiger partial charge on any atom is 0.410 e. The number of aliphatic carboxylic acids is 1. The van der Waals surface area contributed by atoms with Gasteiger partial charge in [0.15, 0.2) is 0 Å². The van der Waals surface area contributed by atoms with E-state index in [0.717, 1.165) is 27.2 Å². The number of carbonyl (C=O) groups excluding carboxylic acids is 1. The first-order valence-corrected chi connectivity index (χ1v) is 8.96. The second kappa shape index (κ2) is 8.08. The van der Waals surface area contributed by atoms with Crippen LogP contribution in [-0.4, -0.2) is 41.8 Å². The molecule has 0 spiro atoms. The number of carbonyl (C=O) groups is 2. The van der Waals surface area contributed by atoms with Gasteiger partial charge in [0.2, 0.25) is 0 Å². The van der Waals surface area contributed by atoms with Crippen molar-refractivity contribution in [2.45, 2.75) is 24.8 Å². The van der Waals surface area contributed by atoms with Gasteiger partial charge in [0.25, 0.3) is 0 Å². The fourth-order valence-corrected chi connectivity index (χ4v) is 3.58. The molecule has 1 N–H and O–H groups in total. The molecule has 0 aliphatic heterocycles. The van der Waals surface area contributed by atoms with E-state index in [0.29, 0.717) is 12.8 Å². The summed E-state index contributed by atoms with van der Waals surface area (Å²) >= 11 is 0. The Morgan fingerprint density at radius 2 is 1.70 bits per heavy atom. The zero-order valence-corrected chi connectivity index (χ0v) is 15.3. The third-order valence-electron chi connectivity index (χ3n) is 5.02. The molecule has 0 heterocycles. The van der Waals surface area contributed by atoms with Gasteiger partial charge in [-0.2, -0.15) is 0 Å². The highest BCUT2D eigenvalue weighted by atomic mass is 16.6. The summed E-state index contributed by atoms with van der Waals surface area (Å²) in [4.78, 5) is 25.1. The normalized spacial score (nSPS) is 13.4. The molecule has 5 nitrogen and oxygen atoms in total. The molecule has 1 atom stereocenters. The summed E-state index contributed by atoms with van der Waals surface area (Å²) < 4.78 is 5.51. The van der Waals surface area contributed by atoms with E-state index in [4.69, 9.17) is 4.74 Å². The molecule has 0 bridgehead atoms. The van der Waals surface area contributed by atoms with Crippen LogP contribution < -0.4 is 0 Å². The van der Waals surface area contributed by atoms with Crippen molar-refractivity contribution in [2.75, 3.05) is 13.7 Å². The monoisotopic (exact) mass is 365 g/mol. The lowest BCUT2D eigenvalue weighted by molar-refractivity contribution is -0.142. The first-order valence-electron chi connectivity index (χ1n) is 8.96. The van der Waals surface area contributed by atoms with Crippen LogP contribution in [-0.2, 0) is 9.53 Å². The lowest BCUT2D eigenvalue weighted by atomic mass is 9.98. The summed E-state index contributed by atoms with van der Waals surface area (Å²) in [5.41, 5.74) is 4.54. The average molecular weight is 365 g/mol. The standard InChI is InChI=1S/C22H23NO4/c1-3-4-13-20(21(24)25)23(2)22(26)27-14-19-17-11-7-5-9-15(17)16-10-6-8-12-18(16)19/h3,5-12,19-20H,1,4,13-14H2,2H3,(H,24,25). The number of ether oxygens (including phenoxy) is 1. The third kappa shape index (κ3) is 3.72. The molecular weight excluding hydrogens is 342 g/mol.